The predicted molar refractivity (Wildman–Crippen MR) is 73.2 cm³/mol. The van der Waals surface area contributed by atoms with Crippen LogP contribution in [-0.4, -0.2) is 41.1 Å². The van der Waals surface area contributed by atoms with Gasteiger partial charge in [0.2, 0.25) is 0 Å². The van der Waals surface area contributed by atoms with Gasteiger partial charge in [-0.15, -0.1) is 0 Å². The molecular formula is C15H20N2O2. The molecule has 0 aliphatic carbocycles. The summed E-state index contributed by atoms with van der Waals surface area (Å²) in [5.41, 5.74) is 0.618. The number of nitrogens with zero attached hydrogens (tertiary/aromatic N) is 1. The summed E-state index contributed by atoms with van der Waals surface area (Å²) in [5, 5.41) is 12.4. The molecule has 0 spiro atoms. The minimum atomic E-state index is -0.0302. The fraction of sp³-hybridized carbons (Fsp3) is 0.533. The highest BCUT2D eigenvalue weighted by molar-refractivity contribution is 5.94. The van der Waals surface area contributed by atoms with Crippen LogP contribution in [0.5, 0.6) is 5.75 Å². The monoisotopic (exact) mass is 260 g/mol. The first-order valence-electron chi connectivity index (χ1n) is 7.08. The first-order valence-corrected chi connectivity index (χ1v) is 7.08. The summed E-state index contributed by atoms with van der Waals surface area (Å²) in [6.45, 7) is 2.28. The minimum Gasteiger partial charge on any atom is -0.508 e. The molecule has 0 bridgehead atoms. The van der Waals surface area contributed by atoms with Crippen LogP contribution in [0, 0.1) is 0 Å². The number of phenols is 1. The Morgan fingerprint density at radius 3 is 2.74 bits per heavy atom. The van der Waals surface area contributed by atoms with Crippen LogP contribution in [0.25, 0.3) is 0 Å². The Morgan fingerprint density at radius 1 is 1.16 bits per heavy atom. The fourth-order valence-corrected chi connectivity index (χ4v) is 3.28. The number of benzene rings is 1. The van der Waals surface area contributed by atoms with Crippen LogP contribution >= 0.6 is 0 Å². The highest BCUT2D eigenvalue weighted by atomic mass is 16.3. The molecule has 2 N–H and O–H groups in total. The number of rotatable bonds is 2. The van der Waals surface area contributed by atoms with Gasteiger partial charge in [-0.05, 0) is 50.1 Å². The Kier molecular flexibility index (Phi) is 3.42. The van der Waals surface area contributed by atoms with Crippen molar-refractivity contribution in [2.24, 2.45) is 0 Å². The summed E-state index contributed by atoms with van der Waals surface area (Å²) in [5.74, 6) is 0.160. The van der Waals surface area contributed by atoms with Crippen molar-refractivity contribution in [1.82, 2.24) is 10.2 Å². The van der Waals surface area contributed by atoms with Crippen molar-refractivity contribution in [2.45, 2.75) is 37.8 Å². The number of phenolic OH excluding ortho intramolecular Hbond substituents is 1. The molecule has 2 heterocycles. The Labute approximate surface area is 113 Å². The zero-order valence-corrected chi connectivity index (χ0v) is 11.0. The highest BCUT2D eigenvalue weighted by Crippen LogP contribution is 2.27. The van der Waals surface area contributed by atoms with Crippen LogP contribution < -0.4 is 5.32 Å². The lowest BCUT2D eigenvalue weighted by Crippen LogP contribution is -2.46. The van der Waals surface area contributed by atoms with Crippen LogP contribution in [0.2, 0.25) is 0 Å². The topological polar surface area (TPSA) is 52.6 Å². The summed E-state index contributed by atoms with van der Waals surface area (Å²) in [6.07, 6.45) is 4.80. The van der Waals surface area contributed by atoms with E-state index in [-0.39, 0.29) is 17.7 Å². The Morgan fingerprint density at radius 2 is 1.95 bits per heavy atom. The molecule has 2 saturated heterocycles. The molecule has 102 valence electrons. The average Bonchev–Trinajstić information content (AvgIpc) is 2.83. The number of fused-ring (bicyclic) bond motifs is 1. The third-order valence-electron chi connectivity index (χ3n) is 4.30. The van der Waals surface area contributed by atoms with Gasteiger partial charge in [-0.3, -0.25) is 9.69 Å². The van der Waals surface area contributed by atoms with Crippen molar-refractivity contribution in [3.8, 4) is 5.75 Å². The number of hydrogen-bond donors (Lipinski definition) is 2. The Balaban J connectivity index is 1.65. The summed E-state index contributed by atoms with van der Waals surface area (Å²) in [7, 11) is 0. The van der Waals surface area contributed by atoms with Gasteiger partial charge in [-0.25, -0.2) is 0 Å². The quantitative estimate of drug-likeness (QED) is 0.851. The van der Waals surface area contributed by atoms with E-state index in [0.717, 1.165) is 13.0 Å². The van der Waals surface area contributed by atoms with E-state index >= 15 is 0 Å². The van der Waals surface area contributed by atoms with E-state index in [9.17, 15) is 9.90 Å². The fourth-order valence-electron chi connectivity index (χ4n) is 3.28. The minimum absolute atomic E-state index is 0.0302. The average molecular weight is 260 g/mol. The van der Waals surface area contributed by atoms with Gasteiger partial charge in [0.15, 0.2) is 0 Å². The standard InChI is InChI=1S/C15H20N2O2/c18-12-6-4-11(5-7-12)15(19)16-13-8-10-17-9-2-1-3-14(13)17/h4-7,13-14,18H,1-3,8-10H2,(H,16,19). The van der Waals surface area contributed by atoms with Crippen LogP contribution in [0.3, 0.4) is 0 Å². The van der Waals surface area contributed by atoms with Crippen LogP contribution in [0.15, 0.2) is 24.3 Å². The van der Waals surface area contributed by atoms with Crippen LogP contribution in [-0.2, 0) is 0 Å². The second-order valence-electron chi connectivity index (χ2n) is 5.51. The molecule has 2 aliphatic heterocycles. The number of carbonyl (C=O) groups is 1. The number of aromatic hydroxyl groups is 1. The SMILES string of the molecule is O=C(NC1CCN2CCCCC12)c1ccc(O)cc1. The second kappa shape index (κ2) is 5.21. The van der Waals surface area contributed by atoms with E-state index in [2.05, 4.69) is 10.2 Å². The number of nitrogens with one attached hydrogen (secondary N) is 1. The molecule has 1 aromatic rings. The second-order valence-corrected chi connectivity index (χ2v) is 5.51. The normalized spacial score (nSPS) is 26.9. The summed E-state index contributed by atoms with van der Waals surface area (Å²) in [6, 6.07) is 7.24. The molecule has 4 nitrogen and oxygen atoms in total. The lowest BCUT2D eigenvalue weighted by molar-refractivity contribution is 0.0915. The number of carbonyl (C=O) groups excluding carboxylic acids is 1. The molecule has 2 atom stereocenters. The summed E-state index contributed by atoms with van der Waals surface area (Å²) < 4.78 is 0. The number of hydrogen-bond acceptors (Lipinski definition) is 3. The van der Waals surface area contributed by atoms with Crippen LogP contribution in [0.1, 0.15) is 36.0 Å². The molecule has 2 unspecified atom stereocenters. The molecule has 19 heavy (non-hydrogen) atoms. The summed E-state index contributed by atoms with van der Waals surface area (Å²) >= 11 is 0. The Bertz CT molecular complexity index is 458. The third kappa shape index (κ3) is 2.59. The largest absolute Gasteiger partial charge is 0.508 e. The summed E-state index contributed by atoms with van der Waals surface area (Å²) in [4.78, 5) is 14.7. The molecule has 3 rings (SSSR count). The van der Waals surface area contributed by atoms with E-state index in [0.29, 0.717) is 11.6 Å². The molecule has 1 aromatic carbocycles. The Hall–Kier alpha value is -1.55. The van der Waals surface area contributed by atoms with Crippen molar-refractivity contribution in [1.29, 1.82) is 0 Å². The maximum atomic E-state index is 12.2. The molecular weight excluding hydrogens is 240 g/mol. The lowest BCUT2D eigenvalue weighted by atomic mass is 9.99. The highest BCUT2D eigenvalue weighted by Gasteiger charge is 2.36. The van der Waals surface area contributed by atoms with E-state index < -0.39 is 0 Å². The maximum absolute atomic E-state index is 12.2. The van der Waals surface area contributed by atoms with Crippen molar-refractivity contribution >= 4 is 5.91 Å². The third-order valence-corrected chi connectivity index (χ3v) is 4.30. The molecule has 4 heteroatoms. The molecule has 0 radical (unpaired) electrons. The van der Waals surface area contributed by atoms with E-state index in [1.54, 1.807) is 24.3 Å². The number of amides is 1. The molecule has 2 fully saturated rings. The first kappa shape index (κ1) is 12.5. The van der Waals surface area contributed by atoms with E-state index in [1.807, 2.05) is 0 Å². The molecule has 0 aromatic heterocycles. The smallest absolute Gasteiger partial charge is 0.251 e. The van der Waals surface area contributed by atoms with Gasteiger partial charge in [-0.1, -0.05) is 6.42 Å². The van der Waals surface area contributed by atoms with Gasteiger partial charge in [0.25, 0.3) is 5.91 Å². The molecule has 1 amide bonds. The lowest BCUT2D eigenvalue weighted by Gasteiger charge is -2.32. The van der Waals surface area contributed by atoms with Gasteiger partial charge >= 0.3 is 0 Å². The zero-order chi connectivity index (χ0) is 13.2. The first-order chi connectivity index (χ1) is 9.24. The van der Waals surface area contributed by atoms with Crippen molar-refractivity contribution in [3.63, 3.8) is 0 Å². The van der Waals surface area contributed by atoms with E-state index in [1.165, 1.54) is 25.8 Å². The van der Waals surface area contributed by atoms with E-state index in [4.69, 9.17) is 0 Å². The maximum Gasteiger partial charge on any atom is 0.251 e. The molecule has 0 saturated carbocycles. The van der Waals surface area contributed by atoms with Crippen molar-refractivity contribution in [3.05, 3.63) is 29.8 Å². The zero-order valence-electron chi connectivity index (χ0n) is 11.0. The number of piperidine rings is 1. The van der Waals surface area contributed by atoms with Gasteiger partial charge < -0.3 is 10.4 Å². The van der Waals surface area contributed by atoms with Crippen molar-refractivity contribution < 1.29 is 9.90 Å². The van der Waals surface area contributed by atoms with Gasteiger partial charge in [0.05, 0.1) is 0 Å². The van der Waals surface area contributed by atoms with Gasteiger partial charge in [0, 0.05) is 24.2 Å². The van der Waals surface area contributed by atoms with Gasteiger partial charge in [0.1, 0.15) is 5.75 Å². The van der Waals surface area contributed by atoms with Crippen LogP contribution in [0.4, 0.5) is 0 Å². The molecule has 2 aliphatic rings. The predicted octanol–water partition coefficient (Wildman–Crippen LogP) is 1.75. The van der Waals surface area contributed by atoms with Gasteiger partial charge in [-0.2, -0.15) is 0 Å². The van der Waals surface area contributed by atoms with Crippen molar-refractivity contribution in [2.75, 3.05) is 13.1 Å².